The largest absolute Gasteiger partial charge is 0.497 e. The fourth-order valence-corrected chi connectivity index (χ4v) is 2.44. The van der Waals surface area contributed by atoms with E-state index in [1.165, 1.54) is 19.3 Å². The summed E-state index contributed by atoms with van der Waals surface area (Å²) in [6.07, 6.45) is 4.96. The minimum absolute atomic E-state index is 0.0690. The summed E-state index contributed by atoms with van der Waals surface area (Å²) < 4.78 is 5.09. The lowest BCUT2D eigenvalue weighted by Crippen LogP contribution is -2.25. The van der Waals surface area contributed by atoms with Gasteiger partial charge in [0, 0.05) is 5.71 Å². The normalized spacial score (nSPS) is 20.7. The molecule has 1 aromatic carbocycles. The first-order chi connectivity index (χ1) is 9.69. The standard InChI is InChI=1S/C16H22N2O2/c1-12-5-3-4-6-15(12)17-18-16(19)11-13-7-9-14(20-2)10-8-13/h7-10,12H,3-6,11H2,1-2H3,(H,18,19)/b17-15+. The average Bonchev–Trinajstić information content (AvgIpc) is 2.47. The Balaban J connectivity index is 1.86. The molecule has 1 unspecified atom stereocenters. The molecule has 4 heteroatoms. The van der Waals surface area contributed by atoms with Crippen LogP contribution in [0.25, 0.3) is 0 Å². The topological polar surface area (TPSA) is 50.7 Å². The lowest BCUT2D eigenvalue weighted by Gasteiger charge is -2.19. The van der Waals surface area contributed by atoms with Crippen molar-refractivity contribution in [2.75, 3.05) is 7.11 Å². The van der Waals surface area contributed by atoms with Crippen molar-refractivity contribution in [1.82, 2.24) is 5.43 Å². The molecule has 20 heavy (non-hydrogen) atoms. The maximum atomic E-state index is 11.9. The molecule has 1 atom stereocenters. The third kappa shape index (κ3) is 4.08. The number of carbonyl (C=O) groups is 1. The second-order valence-electron chi connectivity index (χ2n) is 5.31. The van der Waals surface area contributed by atoms with E-state index in [1.807, 2.05) is 24.3 Å². The van der Waals surface area contributed by atoms with Crippen molar-refractivity contribution in [2.45, 2.75) is 39.0 Å². The van der Waals surface area contributed by atoms with Crippen LogP contribution < -0.4 is 10.2 Å². The monoisotopic (exact) mass is 274 g/mol. The molecule has 0 aliphatic heterocycles. The maximum Gasteiger partial charge on any atom is 0.244 e. The van der Waals surface area contributed by atoms with E-state index >= 15 is 0 Å². The first kappa shape index (κ1) is 14.6. The van der Waals surface area contributed by atoms with Gasteiger partial charge in [-0.1, -0.05) is 25.5 Å². The summed E-state index contributed by atoms with van der Waals surface area (Å²) in [5.41, 5.74) is 4.76. The highest BCUT2D eigenvalue weighted by Gasteiger charge is 2.16. The van der Waals surface area contributed by atoms with Crippen LogP contribution in [0.1, 0.15) is 38.2 Å². The summed E-state index contributed by atoms with van der Waals surface area (Å²) in [5.74, 6) is 1.22. The van der Waals surface area contributed by atoms with Crippen molar-refractivity contribution in [3.63, 3.8) is 0 Å². The Kier molecular flexibility index (Phi) is 5.16. The second kappa shape index (κ2) is 7.08. The van der Waals surface area contributed by atoms with Crippen molar-refractivity contribution in [3.8, 4) is 5.75 Å². The number of hydrogen-bond acceptors (Lipinski definition) is 3. The van der Waals surface area contributed by atoms with Gasteiger partial charge in [0.1, 0.15) is 5.75 Å². The number of nitrogens with zero attached hydrogens (tertiary/aromatic N) is 1. The summed E-state index contributed by atoms with van der Waals surface area (Å²) in [6.45, 7) is 2.17. The molecular weight excluding hydrogens is 252 g/mol. The molecule has 0 saturated heterocycles. The molecule has 2 rings (SSSR count). The van der Waals surface area contributed by atoms with Crippen LogP contribution in [0.2, 0.25) is 0 Å². The van der Waals surface area contributed by atoms with Crippen LogP contribution >= 0.6 is 0 Å². The Morgan fingerprint density at radius 1 is 1.35 bits per heavy atom. The van der Waals surface area contributed by atoms with Gasteiger partial charge in [0.25, 0.3) is 0 Å². The first-order valence-corrected chi connectivity index (χ1v) is 7.17. The van der Waals surface area contributed by atoms with Crippen LogP contribution in [0.5, 0.6) is 5.75 Å². The molecule has 1 aromatic rings. The molecule has 0 spiro atoms. The van der Waals surface area contributed by atoms with Crippen LogP contribution in [-0.4, -0.2) is 18.7 Å². The van der Waals surface area contributed by atoms with E-state index < -0.39 is 0 Å². The van der Waals surface area contributed by atoms with Crippen LogP contribution in [0.15, 0.2) is 29.4 Å². The van der Waals surface area contributed by atoms with Gasteiger partial charge in [0.2, 0.25) is 5.91 Å². The number of nitrogens with one attached hydrogen (secondary N) is 1. The van der Waals surface area contributed by atoms with Gasteiger partial charge in [-0.2, -0.15) is 5.10 Å². The quantitative estimate of drug-likeness (QED) is 0.858. The predicted molar refractivity (Wildman–Crippen MR) is 79.9 cm³/mol. The van der Waals surface area contributed by atoms with Gasteiger partial charge in [-0.25, -0.2) is 5.43 Å². The Bertz CT molecular complexity index is 480. The molecule has 1 fully saturated rings. The third-order valence-electron chi connectivity index (χ3n) is 3.74. The number of ether oxygens (including phenoxy) is 1. The molecule has 1 saturated carbocycles. The van der Waals surface area contributed by atoms with Crippen molar-refractivity contribution < 1.29 is 9.53 Å². The summed E-state index contributed by atoms with van der Waals surface area (Å²) in [5, 5.41) is 4.29. The van der Waals surface area contributed by atoms with Gasteiger partial charge in [-0.05, 0) is 42.9 Å². The molecule has 108 valence electrons. The fraction of sp³-hybridized carbons (Fsp3) is 0.500. The minimum atomic E-state index is -0.0690. The van der Waals surface area contributed by atoms with Gasteiger partial charge in [0.15, 0.2) is 0 Å². The zero-order chi connectivity index (χ0) is 14.4. The number of hydrazone groups is 1. The van der Waals surface area contributed by atoms with E-state index in [2.05, 4.69) is 17.5 Å². The Hall–Kier alpha value is -1.84. The van der Waals surface area contributed by atoms with Gasteiger partial charge in [0.05, 0.1) is 13.5 Å². The second-order valence-corrected chi connectivity index (χ2v) is 5.31. The summed E-state index contributed by atoms with van der Waals surface area (Å²) >= 11 is 0. The Morgan fingerprint density at radius 2 is 2.10 bits per heavy atom. The van der Waals surface area contributed by atoms with Gasteiger partial charge < -0.3 is 4.74 Å². The van der Waals surface area contributed by atoms with E-state index in [0.29, 0.717) is 12.3 Å². The Labute approximate surface area is 120 Å². The molecule has 4 nitrogen and oxygen atoms in total. The number of amides is 1. The molecular formula is C16H22N2O2. The maximum absolute atomic E-state index is 11.9. The number of rotatable bonds is 4. The highest BCUT2D eigenvalue weighted by Crippen LogP contribution is 2.20. The van der Waals surface area contributed by atoms with Crippen molar-refractivity contribution in [3.05, 3.63) is 29.8 Å². The van der Waals surface area contributed by atoms with E-state index in [9.17, 15) is 4.79 Å². The molecule has 0 aromatic heterocycles. The highest BCUT2D eigenvalue weighted by atomic mass is 16.5. The SMILES string of the molecule is COc1ccc(CC(=O)N/N=C2\CCCCC2C)cc1. The molecule has 0 radical (unpaired) electrons. The number of hydrogen-bond donors (Lipinski definition) is 1. The number of methoxy groups -OCH3 is 1. The van der Waals surface area contributed by atoms with E-state index in [0.717, 1.165) is 23.4 Å². The van der Waals surface area contributed by atoms with Crippen molar-refractivity contribution in [2.24, 2.45) is 11.0 Å². The van der Waals surface area contributed by atoms with Crippen LogP contribution in [-0.2, 0) is 11.2 Å². The highest BCUT2D eigenvalue weighted by molar-refractivity contribution is 5.88. The molecule has 1 aliphatic carbocycles. The molecule has 0 bridgehead atoms. The van der Waals surface area contributed by atoms with Gasteiger partial charge in [-0.3, -0.25) is 4.79 Å². The van der Waals surface area contributed by atoms with E-state index in [-0.39, 0.29) is 5.91 Å². The summed E-state index contributed by atoms with van der Waals surface area (Å²) in [4.78, 5) is 11.9. The zero-order valence-electron chi connectivity index (χ0n) is 12.2. The molecule has 0 heterocycles. The zero-order valence-corrected chi connectivity index (χ0v) is 12.2. The average molecular weight is 274 g/mol. The lowest BCUT2D eigenvalue weighted by molar-refractivity contribution is -0.120. The lowest BCUT2D eigenvalue weighted by atomic mass is 9.89. The predicted octanol–water partition coefficient (Wildman–Crippen LogP) is 2.92. The van der Waals surface area contributed by atoms with E-state index in [4.69, 9.17) is 4.74 Å². The Morgan fingerprint density at radius 3 is 2.75 bits per heavy atom. The summed E-state index contributed by atoms with van der Waals surface area (Å²) in [6, 6.07) is 7.51. The van der Waals surface area contributed by atoms with Gasteiger partial charge >= 0.3 is 0 Å². The van der Waals surface area contributed by atoms with Crippen LogP contribution in [0, 0.1) is 5.92 Å². The number of carbonyl (C=O) groups excluding carboxylic acids is 1. The first-order valence-electron chi connectivity index (χ1n) is 7.17. The van der Waals surface area contributed by atoms with Gasteiger partial charge in [-0.15, -0.1) is 0 Å². The van der Waals surface area contributed by atoms with Crippen molar-refractivity contribution in [1.29, 1.82) is 0 Å². The van der Waals surface area contributed by atoms with Crippen LogP contribution in [0.4, 0.5) is 0 Å². The molecule has 1 aliphatic rings. The van der Waals surface area contributed by atoms with E-state index in [1.54, 1.807) is 7.11 Å². The minimum Gasteiger partial charge on any atom is -0.497 e. The van der Waals surface area contributed by atoms with Crippen LogP contribution in [0.3, 0.4) is 0 Å². The molecule has 1 amide bonds. The van der Waals surface area contributed by atoms with Crippen molar-refractivity contribution >= 4 is 11.6 Å². The number of benzene rings is 1. The fourth-order valence-electron chi connectivity index (χ4n) is 2.44. The smallest absolute Gasteiger partial charge is 0.244 e. The summed E-state index contributed by atoms with van der Waals surface area (Å²) in [7, 11) is 1.63. The third-order valence-corrected chi connectivity index (χ3v) is 3.74. The molecule has 1 N–H and O–H groups in total.